The van der Waals surface area contributed by atoms with Crippen molar-refractivity contribution >= 4 is 16.8 Å². The maximum Gasteiger partial charge on any atom is 0.215 e. The van der Waals surface area contributed by atoms with Gasteiger partial charge in [-0.15, -0.1) is 0 Å². The zero-order valence-corrected chi connectivity index (χ0v) is 15.1. The van der Waals surface area contributed by atoms with Crippen LogP contribution in [0.1, 0.15) is 0 Å². The second kappa shape index (κ2) is 6.72. The number of para-hydroxylation sites is 2. The molecular weight excluding hydrogens is 340 g/mol. The van der Waals surface area contributed by atoms with Crippen molar-refractivity contribution < 1.29 is 14.7 Å². The Morgan fingerprint density at radius 2 is 1.74 bits per heavy atom. The zero-order valence-electron chi connectivity index (χ0n) is 15.1. The van der Waals surface area contributed by atoms with Gasteiger partial charge in [0.1, 0.15) is 18.8 Å². The van der Waals surface area contributed by atoms with Crippen molar-refractivity contribution in [3.05, 3.63) is 54.7 Å². The molecule has 6 heteroatoms. The van der Waals surface area contributed by atoms with Crippen LogP contribution in [0.3, 0.4) is 0 Å². The molecule has 0 amide bonds. The Morgan fingerprint density at radius 1 is 1.00 bits per heavy atom. The third kappa shape index (κ3) is 2.97. The van der Waals surface area contributed by atoms with Gasteiger partial charge in [-0.1, -0.05) is 12.1 Å². The van der Waals surface area contributed by atoms with E-state index < -0.39 is 0 Å². The van der Waals surface area contributed by atoms with E-state index in [1.807, 2.05) is 12.1 Å². The first-order chi connectivity index (χ1) is 13.3. The number of aromatic hydroxyl groups is 1. The molecule has 3 heterocycles. The predicted octanol–water partition coefficient (Wildman–Crippen LogP) is 1.58. The summed E-state index contributed by atoms with van der Waals surface area (Å²) in [6.07, 6.45) is 2.09. The van der Waals surface area contributed by atoms with Gasteiger partial charge in [0.15, 0.2) is 0 Å². The Morgan fingerprint density at radius 3 is 2.52 bits per heavy atom. The third-order valence-electron chi connectivity index (χ3n) is 5.41. The number of rotatable bonds is 4. The number of hydrogen-bond acceptors (Lipinski definition) is 3. The highest BCUT2D eigenvalue weighted by Gasteiger charge is 2.18. The number of fused-ring (bicyclic) bond motifs is 3. The van der Waals surface area contributed by atoms with Gasteiger partial charge in [0.05, 0.1) is 43.0 Å². The third-order valence-corrected chi connectivity index (χ3v) is 5.41. The van der Waals surface area contributed by atoms with Crippen LogP contribution in [0.2, 0.25) is 0 Å². The van der Waals surface area contributed by atoms with Crippen LogP contribution in [0.15, 0.2) is 54.7 Å². The van der Waals surface area contributed by atoms with Crippen LogP contribution in [-0.4, -0.2) is 51.9 Å². The molecule has 4 aromatic rings. The van der Waals surface area contributed by atoms with Crippen LogP contribution in [-0.2, 0) is 11.3 Å². The molecule has 0 unspecified atom stereocenters. The highest BCUT2D eigenvalue weighted by Crippen LogP contribution is 2.26. The number of nitrogens with one attached hydrogen (secondary N) is 1. The van der Waals surface area contributed by atoms with E-state index in [0.29, 0.717) is 0 Å². The summed E-state index contributed by atoms with van der Waals surface area (Å²) in [5, 5.41) is 9.54. The molecule has 1 aliphatic heterocycles. The number of aromatic nitrogens is 3. The minimum absolute atomic E-state index is 0.269. The molecule has 0 spiro atoms. The summed E-state index contributed by atoms with van der Waals surface area (Å²) in [5.41, 5.74) is 4.31. The van der Waals surface area contributed by atoms with Crippen LogP contribution in [0, 0.1) is 0 Å². The molecule has 1 saturated heterocycles. The Bertz CT molecular complexity index is 1070. The predicted molar refractivity (Wildman–Crippen MR) is 104 cm³/mol. The normalized spacial score (nSPS) is 15.7. The fourth-order valence-corrected chi connectivity index (χ4v) is 3.91. The standard InChI is InChI=1S/C21H22N4O2/c26-17-7-5-16(6-8-17)18-15-25-20-4-2-1-3-19(20)24(21(25)22-18)10-9-23-11-13-27-14-12-23/h1-8,15,26H,9-14H2/p+1. The van der Waals surface area contributed by atoms with Gasteiger partial charge in [-0.3, -0.25) is 4.40 Å². The SMILES string of the molecule is Oc1ccc(-c2cn3c4ccccc4n(CC[NH+]4CCOCC4)c3n2)cc1. The van der Waals surface area contributed by atoms with Gasteiger partial charge >= 0.3 is 0 Å². The number of phenols is 1. The smallest absolute Gasteiger partial charge is 0.215 e. The lowest BCUT2D eigenvalue weighted by molar-refractivity contribution is -0.908. The van der Waals surface area contributed by atoms with Crippen LogP contribution in [0.5, 0.6) is 5.75 Å². The van der Waals surface area contributed by atoms with Crippen LogP contribution in [0.25, 0.3) is 28.1 Å². The highest BCUT2D eigenvalue weighted by atomic mass is 16.5. The lowest BCUT2D eigenvalue weighted by Gasteiger charge is -2.23. The van der Waals surface area contributed by atoms with Gasteiger partial charge < -0.3 is 19.3 Å². The minimum atomic E-state index is 0.269. The van der Waals surface area contributed by atoms with E-state index >= 15 is 0 Å². The van der Waals surface area contributed by atoms with Crippen molar-refractivity contribution in [2.45, 2.75) is 6.54 Å². The molecule has 2 N–H and O–H groups in total. The molecule has 0 saturated carbocycles. The van der Waals surface area contributed by atoms with Crippen molar-refractivity contribution in [3.63, 3.8) is 0 Å². The van der Waals surface area contributed by atoms with Gasteiger partial charge in [0.25, 0.3) is 0 Å². The first-order valence-electron chi connectivity index (χ1n) is 9.47. The van der Waals surface area contributed by atoms with Crippen molar-refractivity contribution in [1.29, 1.82) is 0 Å². The van der Waals surface area contributed by atoms with Crippen molar-refractivity contribution in [2.24, 2.45) is 0 Å². The fourth-order valence-electron chi connectivity index (χ4n) is 3.91. The van der Waals surface area contributed by atoms with E-state index in [1.54, 1.807) is 17.0 Å². The summed E-state index contributed by atoms with van der Waals surface area (Å²) in [4.78, 5) is 6.51. The van der Waals surface area contributed by atoms with Crippen LogP contribution in [0.4, 0.5) is 0 Å². The molecule has 0 aliphatic carbocycles. The largest absolute Gasteiger partial charge is 0.508 e. The molecule has 5 rings (SSSR count). The van der Waals surface area contributed by atoms with Gasteiger partial charge in [-0.25, -0.2) is 4.98 Å². The van der Waals surface area contributed by atoms with E-state index in [0.717, 1.165) is 56.4 Å². The maximum absolute atomic E-state index is 9.54. The van der Waals surface area contributed by atoms with E-state index in [1.165, 1.54) is 11.0 Å². The van der Waals surface area contributed by atoms with E-state index in [2.05, 4.69) is 39.4 Å². The molecule has 138 valence electrons. The fraction of sp³-hybridized carbons (Fsp3) is 0.286. The second-order valence-corrected chi connectivity index (χ2v) is 7.10. The molecule has 2 aromatic heterocycles. The van der Waals surface area contributed by atoms with E-state index in [4.69, 9.17) is 9.72 Å². The summed E-state index contributed by atoms with van der Waals surface area (Å²) in [6.45, 7) is 5.85. The van der Waals surface area contributed by atoms with E-state index in [-0.39, 0.29) is 5.75 Å². The summed E-state index contributed by atoms with van der Waals surface area (Å²) < 4.78 is 9.97. The van der Waals surface area contributed by atoms with E-state index in [9.17, 15) is 5.11 Å². The van der Waals surface area contributed by atoms with Crippen molar-refractivity contribution in [1.82, 2.24) is 14.0 Å². The second-order valence-electron chi connectivity index (χ2n) is 7.10. The minimum Gasteiger partial charge on any atom is -0.508 e. The topological polar surface area (TPSA) is 56.1 Å². The Labute approximate surface area is 157 Å². The average Bonchev–Trinajstić information content (AvgIpc) is 3.26. The van der Waals surface area contributed by atoms with Crippen LogP contribution >= 0.6 is 0 Å². The molecule has 27 heavy (non-hydrogen) atoms. The Kier molecular flexibility index (Phi) is 4.07. The molecule has 1 fully saturated rings. The van der Waals surface area contributed by atoms with Gasteiger partial charge in [-0.2, -0.15) is 0 Å². The molecule has 1 aliphatic rings. The van der Waals surface area contributed by atoms with Crippen molar-refractivity contribution in [2.75, 3.05) is 32.8 Å². The maximum atomic E-state index is 9.54. The number of phenolic OH excluding ortho intramolecular Hbond substituents is 1. The van der Waals surface area contributed by atoms with Gasteiger partial charge in [0, 0.05) is 11.8 Å². The first kappa shape index (κ1) is 16.4. The van der Waals surface area contributed by atoms with Crippen LogP contribution < -0.4 is 4.90 Å². The highest BCUT2D eigenvalue weighted by molar-refractivity contribution is 5.82. The molecule has 0 atom stereocenters. The molecule has 6 nitrogen and oxygen atoms in total. The number of morpholine rings is 1. The summed E-state index contributed by atoms with van der Waals surface area (Å²) in [5.74, 6) is 1.23. The lowest BCUT2D eigenvalue weighted by atomic mass is 10.2. The quantitative estimate of drug-likeness (QED) is 0.579. The number of nitrogens with zero attached hydrogens (tertiary/aromatic N) is 3. The number of ether oxygens (including phenoxy) is 1. The summed E-state index contributed by atoms with van der Waals surface area (Å²) >= 11 is 0. The number of benzene rings is 2. The molecule has 0 bridgehead atoms. The monoisotopic (exact) mass is 363 g/mol. The van der Waals surface area contributed by atoms with Gasteiger partial charge in [0.2, 0.25) is 5.78 Å². The lowest BCUT2D eigenvalue weighted by Crippen LogP contribution is -3.14. The molecular formula is C21H23N4O2+. The summed E-state index contributed by atoms with van der Waals surface area (Å²) in [7, 11) is 0. The Hall–Kier alpha value is -2.83. The first-order valence-corrected chi connectivity index (χ1v) is 9.47. The number of imidazole rings is 2. The zero-order chi connectivity index (χ0) is 18.2. The van der Waals surface area contributed by atoms with Crippen molar-refractivity contribution in [3.8, 4) is 17.0 Å². The summed E-state index contributed by atoms with van der Waals surface area (Å²) in [6, 6.07) is 15.7. The average molecular weight is 363 g/mol. The Balaban J connectivity index is 1.55. The van der Waals surface area contributed by atoms with Gasteiger partial charge in [-0.05, 0) is 36.4 Å². The molecule has 2 aromatic carbocycles. The number of hydrogen-bond donors (Lipinski definition) is 2. The number of quaternary nitrogens is 1. The molecule has 0 radical (unpaired) electrons.